The van der Waals surface area contributed by atoms with Crippen LogP contribution in [-0.4, -0.2) is 30.6 Å². The second-order valence-corrected chi connectivity index (χ2v) is 5.88. The molecule has 1 saturated heterocycles. The molecule has 1 aliphatic rings. The van der Waals surface area contributed by atoms with Gasteiger partial charge in [0.1, 0.15) is 0 Å². The fraction of sp³-hybridized carbons (Fsp3) is 0.500. The molecule has 1 aromatic rings. The fourth-order valence-corrected chi connectivity index (χ4v) is 2.85. The molecule has 0 aliphatic carbocycles. The maximum absolute atomic E-state index is 12.0. The number of piperidine rings is 1. The molecule has 2 atom stereocenters. The van der Waals surface area contributed by atoms with E-state index >= 15 is 0 Å². The van der Waals surface area contributed by atoms with Gasteiger partial charge >= 0.3 is 0 Å². The molecule has 20 heavy (non-hydrogen) atoms. The van der Waals surface area contributed by atoms with Crippen LogP contribution in [0.2, 0.25) is 10.0 Å². The van der Waals surface area contributed by atoms with Crippen molar-refractivity contribution in [2.75, 3.05) is 19.6 Å². The van der Waals surface area contributed by atoms with Gasteiger partial charge in [0.2, 0.25) is 5.91 Å². The normalized spacial score (nSPS) is 20.4. The average molecular weight is 317 g/mol. The highest BCUT2D eigenvalue weighted by Crippen LogP contribution is 2.23. The molecule has 2 unspecified atom stereocenters. The number of amides is 1. The Morgan fingerprint density at radius 3 is 2.70 bits per heavy atom. The lowest BCUT2D eigenvalue weighted by Crippen LogP contribution is -2.41. The highest BCUT2D eigenvalue weighted by Gasteiger charge is 2.21. The van der Waals surface area contributed by atoms with E-state index in [9.17, 15) is 9.90 Å². The number of carbonyl (C=O) groups is 1. The molecule has 3 N–H and O–H groups in total. The SMILES string of the molecule is O=C(NCC(O)c1cc(Cl)cc(Cl)c1)C1CCCNC1. The van der Waals surface area contributed by atoms with Crippen molar-refractivity contribution in [3.8, 4) is 0 Å². The molecule has 0 radical (unpaired) electrons. The first-order valence-electron chi connectivity index (χ1n) is 6.69. The van der Waals surface area contributed by atoms with Gasteiger partial charge in [0.05, 0.1) is 12.0 Å². The number of nitrogens with one attached hydrogen (secondary N) is 2. The molecular formula is C14H18Cl2N2O2. The number of benzene rings is 1. The minimum atomic E-state index is -0.813. The Labute approximate surface area is 128 Å². The van der Waals surface area contributed by atoms with Gasteiger partial charge < -0.3 is 15.7 Å². The van der Waals surface area contributed by atoms with Gasteiger partial charge in [-0.1, -0.05) is 23.2 Å². The molecule has 0 bridgehead atoms. The molecule has 1 amide bonds. The Hall–Kier alpha value is -0.810. The summed E-state index contributed by atoms with van der Waals surface area (Å²) in [5.41, 5.74) is 0.601. The summed E-state index contributed by atoms with van der Waals surface area (Å²) >= 11 is 11.8. The van der Waals surface area contributed by atoms with Crippen molar-refractivity contribution < 1.29 is 9.90 Å². The summed E-state index contributed by atoms with van der Waals surface area (Å²) < 4.78 is 0. The molecule has 1 aliphatic heterocycles. The van der Waals surface area contributed by atoms with E-state index in [2.05, 4.69) is 10.6 Å². The second-order valence-electron chi connectivity index (χ2n) is 5.01. The van der Waals surface area contributed by atoms with Crippen molar-refractivity contribution in [2.45, 2.75) is 18.9 Å². The number of aliphatic hydroxyl groups is 1. The van der Waals surface area contributed by atoms with Crippen LogP contribution in [0.25, 0.3) is 0 Å². The predicted octanol–water partition coefficient (Wildman–Crippen LogP) is 2.14. The molecule has 2 rings (SSSR count). The van der Waals surface area contributed by atoms with Crippen LogP contribution in [0.1, 0.15) is 24.5 Å². The first-order chi connectivity index (χ1) is 9.56. The van der Waals surface area contributed by atoms with Gasteiger partial charge in [-0.25, -0.2) is 0 Å². The van der Waals surface area contributed by atoms with Crippen molar-refractivity contribution in [2.24, 2.45) is 5.92 Å². The van der Waals surface area contributed by atoms with Crippen LogP contribution in [-0.2, 0) is 4.79 Å². The zero-order chi connectivity index (χ0) is 14.5. The molecule has 0 saturated carbocycles. The first-order valence-corrected chi connectivity index (χ1v) is 7.44. The van der Waals surface area contributed by atoms with E-state index < -0.39 is 6.10 Å². The van der Waals surface area contributed by atoms with Crippen molar-refractivity contribution in [3.63, 3.8) is 0 Å². The number of halogens is 2. The van der Waals surface area contributed by atoms with E-state index in [4.69, 9.17) is 23.2 Å². The van der Waals surface area contributed by atoms with E-state index in [1.807, 2.05) is 0 Å². The maximum Gasteiger partial charge on any atom is 0.224 e. The van der Waals surface area contributed by atoms with Gasteiger partial charge in [0, 0.05) is 23.1 Å². The first kappa shape index (κ1) is 15.6. The summed E-state index contributed by atoms with van der Waals surface area (Å²) in [4.78, 5) is 12.0. The number of hydrogen-bond acceptors (Lipinski definition) is 3. The molecule has 6 heteroatoms. The Bertz CT molecular complexity index is 456. The highest BCUT2D eigenvalue weighted by atomic mass is 35.5. The van der Waals surface area contributed by atoms with Crippen LogP contribution in [0.5, 0.6) is 0 Å². The van der Waals surface area contributed by atoms with Gasteiger partial charge in [-0.15, -0.1) is 0 Å². The minimum Gasteiger partial charge on any atom is -0.387 e. The third-order valence-corrected chi connectivity index (χ3v) is 3.84. The van der Waals surface area contributed by atoms with E-state index in [1.54, 1.807) is 18.2 Å². The molecule has 4 nitrogen and oxygen atoms in total. The van der Waals surface area contributed by atoms with Gasteiger partial charge in [-0.3, -0.25) is 4.79 Å². The van der Waals surface area contributed by atoms with Crippen LogP contribution in [0.4, 0.5) is 0 Å². The zero-order valence-electron chi connectivity index (χ0n) is 11.0. The third-order valence-electron chi connectivity index (χ3n) is 3.41. The molecular weight excluding hydrogens is 299 g/mol. The van der Waals surface area contributed by atoms with E-state index in [1.165, 1.54) is 0 Å². The monoisotopic (exact) mass is 316 g/mol. The number of hydrogen-bond donors (Lipinski definition) is 3. The molecule has 110 valence electrons. The summed E-state index contributed by atoms with van der Waals surface area (Å²) in [7, 11) is 0. The standard InChI is InChI=1S/C14H18Cl2N2O2/c15-11-4-10(5-12(16)6-11)13(19)8-18-14(20)9-2-1-3-17-7-9/h4-6,9,13,17,19H,1-3,7-8H2,(H,18,20). The van der Waals surface area contributed by atoms with Crippen molar-refractivity contribution in [1.82, 2.24) is 10.6 Å². The molecule has 0 aromatic heterocycles. The minimum absolute atomic E-state index is 0.0149. The summed E-state index contributed by atoms with van der Waals surface area (Å²) in [6.07, 6.45) is 1.08. The summed E-state index contributed by atoms with van der Waals surface area (Å²) in [6, 6.07) is 4.89. The topological polar surface area (TPSA) is 61.4 Å². The summed E-state index contributed by atoms with van der Waals surface area (Å²) in [5, 5.41) is 17.0. The number of aliphatic hydroxyl groups excluding tert-OH is 1. The highest BCUT2D eigenvalue weighted by molar-refractivity contribution is 6.34. The lowest BCUT2D eigenvalue weighted by Gasteiger charge is -2.22. The number of rotatable bonds is 4. The summed E-state index contributed by atoms with van der Waals surface area (Å²) in [6.45, 7) is 1.82. The quantitative estimate of drug-likeness (QED) is 0.797. The fourth-order valence-electron chi connectivity index (χ4n) is 2.30. The molecule has 1 aromatic carbocycles. The van der Waals surface area contributed by atoms with Gasteiger partial charge in [-0.05, 0) is 43.1 Å². The molecule has 0 spiro atoms. The van der Waals surface area contributed by atoms with Crippen molar-refractivity contribution in [3.05, 3.63) is 33.8 Å². The second kappa shape index (κ2) is 7.27. The van der Waals surface area contributed by atoms with Crippen LogP contribution < -0.4 is 10.6 Å². The maximum atomic E-state index is 12.0. The van der Waals surface area contributed by atoms with Crippen LogP contribution in [0, 0.1) is 5.92 Å². The lowest BCUT2D eigenvalue weighted by molar-refractivity contribution is -0.125. The third kappa shape index (κ3) is 4.35. The average Bonchev–Trinajstić information content (AvgIpc) is 2.44. The van der Waals surface area contributed by atoms with Crippen LogP contribution in [0.15, 0.2) is 18.2 Å². The van der Waals surface area contributed by atoms with E-state index in [-0.39, 0.29) is 18.4 Å². The zero-order valence-corrected chi connectivity index (χ0v) is 12.5. The Morgan fingerprint density at radius 2 is 2.10 bits per heavy atom. The Morgan fingerprint density at radius 1 is 1.40 bits per heavy atom. The van der Waals surface area contributed by atoms with E-state index in [0.29, 0.717) is 22.2 Å². The Kier molecular flexibility index (Phi) is 5.66. The Balaban J connectivity index is 1.87. The number of carbonyl (C=O) groups excluding carboxylic acids is 1. The predicted molar refractivity (Wildman–Crippen MR) is 80.0 cm³/mol. The van der Waals surface area contributed by atoms with Crippen molar-refractivity contribution in [1.29, 1.82) is 0 Å². The molecule has 1 heterocycles. The van der Waals surface area contributed by atoms with E-state index in [0.717, 1.165) is 19.4 Å². The lowest BCUT2D eigenvalue weighted by atomic mass is 9.98. The largest absolute Gasteiger partial charge is 0.387 e. The van der Waals surface area contributed by atoms with Crippen molar-refractivity contribution >= 4 is 29.1 Å². The summed E-state index contributed by atoms with van der Waals surface area (Å²) in [5.74, 6) is -0.0386. The van der Waals surface area contributed by atoms with Gasteiger partial charge in [0.25, 0.3) is 0 Å². The van der Waals surface area contributed by atoms with Gasteiger partial charge in [-0.2, -0.15) is 0 Å². The van der Waals surface area contributed by atoms with Crippen LogP contribution in [0.3, 0.4) is 0 Å². The van der Waals surface area contributed by atoms with Crippen LogP contribution >= 0.6 is 23.2 Å². The molecule has 1 fully saturated rings. The van der Waals surface area contributed by atoms with Gasteiger partial charge in [0.15, 0.2) is 0 Å². The smallest absolute Gasteiger partial charge is 0.224 e.